The van der Waals surface area contributed by atoms with Crippen LogP contribution in [0.2, 0.25) is 5.28 Å². The number of nitrogens with one attached hydrogen (secondary N) is 2. The molecule has 3 rings (SSSR count). The summed E-state index contributed by atoms with van der Waals surface area (Å²) in [5, 5.41) is 8.14. The lowest BCUT2D eigenvalue weighted by molar-refractivity contribution is 0.0954. The van der Waals surface area contributed by atoms with E-state index in [9.17, 15) is 4.79 Å². The molecule has 1 aromatic carbocycles. The lowest BCUT2D eigenvalue weighted by Gasteiger charge is -2.11. The van der Waals surface area contributed by atoms with Gasteiger partial charge in [0.1, 0.15) is 5.82 Å². The third kappa shape index (κ3) is 3.97. The normalized spacial score (nSPS) is 10.6. The summed E-state index contributed by atoms with van der Waals surface area (Å²) in [6.07, 6.45) is 0. The highest BCUT2D eigenvalue weighted by Gasteiger charge is 2.11. The molecule has 0 saturated heterocycles. The van der Waals surface area contributed by atoms with Gasteiger partial charge in [-0.05, 0) is 41.2 Å². The van der Waals surface area contributed by atoms with E-state index in [0.29, 0.717) is 36.0 Å². The van der Waals surface area contributed by atoms with Gasteiger partial charge in [0.15, 0.2) is 11.5 Å². The molecule has 0 aliphatic heterocycles. The second-order valence-electron chi connectivity index (χ2n) is 5.23. The monoisotopic (exact) mass is 392 g/mol. The number of benzene rings is 1. The van der Waals surface area contributed by atoms with Crippen LogP contribution in [-0.4, -0.2) is 43.2 Å². The molecule has 2 aromatic heterocycles. The van der Waals surface area contributed by atoms with Gasteiger partial charge in [0.25, 0.3) is 5.91 Å². The van der Waals surface area contributed by atoms with Crippen molar-refractivity contribution in [3.63, 3.8) is 0 Å². The second-order valence-corrected chi connectivity index (χ2v) is 6.48. The number of hydrogen-bond acceptors (Lipinski definition) is 7. The van der Waals surface area contributed by atoms with Crippen molar-refractivity contribution in [1.29, 1.82) is 0 Å². The number of ether oxygens (including phenoxy) is 2. The Hall–Kier alpha value is -2.58. The van der Waals surface area contributed by atoms with Crippen LogP contribution in [-0.2, 0) is 0 Å². The number of methoxy groups -OCH3 is 2. The van der Waals surface area contributed by atoms with Crippen LogP contribution < -0.4 is 20.1 Å². The van der Waals surface area contributed by atoms with Crippen molar-refractivity contribution in [3.8, 4) is 11.5 Å². The molecule has 136 valence electrons. The molecule has 26 heavy (non-hydrogen) atoms. The number of halogens is 1. The number of carbonyl (C=O) groups is 1. The van der Waals surface area contributed by atoms with E-state index in [1.54, 1.807) is 25.3 Å². The molecule has 0 aliphatic rings. The maximum Gasteiger partial charge on any atom is 0.251 e. The summed E-state index contributed by atoms with van der Waals surface area (Å²) >= 11 is 7.46. The van der Waals surface area contributed by atoms with Gasteiger partial charge < -0.3 is 20.1 Å². The molecule has 0 unspecified atom stereocenters. The first-order chi connectivity index (χ1) is 12.6. The first-order valence-corrected chi connectivity index (χ1v) is 9.03. The molecule has 0 aliphatic carbocycles. The van der Waals surface area contributed by atoms with Crippen molar-refractivity contribution in [2.24, 2.45) is 0 Å². The van der Waals surface area contributed by atoms with Crippen molar-refractivity contribution in [2.75, 3.05) is 32.6 Å². The van der Waals surface area contributed by atoms with E-state index in [1.165, 1.54) is 18.4 Å². The maximum absolute atomic E-state index is 12.3. The fraction of sp³-hybridized carbons (Fsp3) is 0.235. The summed E-state index contributed by atoms with van der Waals surface area (Å²) in [5.41, 5.74) is 1.29. The number of rotatable bonds is 7. The minimum Gasteiger partial charge on any atom is -0.493 e. The van der Waals surface area contributed by atoms with Gasteiger partial charge in [-0.2, -0.15) is 4.98 Å². The highest BCUT2D eigenvalue weighted by atomic mass is 35.5. The molecule has 3 aromatic rings. The van der Waals surface area contributed by atoms with E-state index in [2.05, 4.69) is 20.6 Å². The highest BCUT2D eigenvalue weighted by Crippen LogP contribution is 2.28. The van der Waals surface area contributed by atoms with Gasteiger partial charge in [-0.25, -0.2) is 4.98 Å². The van der Waals surface area contributed by atoms with E-state index in [0.717, 1.165) is 10.2 Å². The fourth-order valence-corrected chi connectivity index (χ4v) is 3.36. The minimum absolute atomic E-state index is 0.188. The predicted octanol–water partition coefficient (Wildman–Crippen LogP) is 3.20. The van der Waals surface area contributed by atoms with Crippen LogP contribution in [0.1, 0.15) is 10.4 Å². The zero-order valence-electron chi connectivity index (χ0n) is 14.2. The van der Waals surface area contributed by atoms with E-state index >= 15 is 0 Å². The van der Waals surface area contributed by atoms with Crippen molar-refractivity contribution in [1.82, 2.24) is 15.3 Å². The molecule has 0 saturated carbocycles. The number of thiophene rings is 1. The van der Waals surface area contributed by atoms with E-state index in [-0.39, 0.29) is 11.2 Å². The van der Waals surface area contributed by atoms with Gasteiger partial charge in [0.05, 0.1) is 24.4 Å². The standard InChI is InChI=1S/C17H17ClN4O3S/c1-24-12-4-3-10(9-13(12)25-2)16(23)20-7-6-19-15-14-11(5-8-26-14)21-17(18)22-15/h3-5,8-9H,6-7H2,1-2H3,(H,20,23)(H,19,21,22). The summed E-state index contributed by atoms with van der Waals surface area (Å²) in [7, 11) is 3.08. The Morgan fingerprint density at radius 1 is 1.15 bits per heavy atom. The van der Waals surface area contributed by atoms with Crippen LogP contribution in [0.3, 0.4) is 0 Å². The summed E-state index contributed by atoms with van der Waals surface area (Å²) in [6, 6.07) is 6.91. The largest absolute Gasteiger partial charge is 0.493 e. The minimum atomic E-state index is -0.199. The molecule has 9 heteroatoms. The summed E-state index contributed by atoms with van der Waals surface area (Å²) in [5.74, 6) is 1.55. The van der Waals surface area contributed by atoms with Crippen molar-refractivity contribution >= 4 is 44.9 Å². The van der Waals surface area contributed by atoms with Crippen LogP contribution in [0.25, 0.3) is 10.2 Å². The average Bonchev–Trinajstić information content (AvgIpc) is 3.12. The third-order valence-electron chi connectivity index (χ3n) is 3.63. The van der Waals surface area contributed by atoms with Crippen LogP contribution >= 0.6 is 22.9 Å². The Morgan fingerprint density at radius 3 is 2.73 bits per heavy atom. The quantitative estimate of drug-likeness (QED) is 0.474. The number of aromatic nitrogens is 2. The third-order valence-corrected chi connectivity index (χ3v) is 4.70. The molecule has 2 heterocycles. The van der Waals surface area contributed by atoms with Gasteiger partial charge in [0, 0.05) is 18.7 Å². The Bertz CT molecular complexity index is 932. The highest BCUT2D eigenvalue weighted by molar-refractivity contribution is 7.17. The Morgan fingerprint density at radius 2 is 1.96 bits per heavy atom. The molecular weight excluding hydrogens is 376 g/mol. The second kappa shape index (κ2) is 8.20. The van der Waals surface area contributed by atoms with Crippen molar-refractivity contribution in [3.05, 3.63) is 40.5 Å². The zero-order valence-corrected chi connectivity index (χ0v) is 15.8. The number of anilines is 1. The lowest BCUT2D eigenvalue weighted by Crippen LogP contribution is -2.28. The number of amides is 1. The van der Waals surface area contributed by atoms with Crippen LogP contribution in [0.5, 0.6) is 11.5 Å². The maximum atomic E-state index is 12.3. The van der Waals surface area contributed by atoms with Crippen LogP contribution in [0.4, 0.5) is 5.82 Å². The van der Waals surface area contributed by atoms with Gasteiger partial charge in [-0.1, -0.05) is 0 Å². The summed E-state index contributed by atoms with van der Waals surface area (Å²) < 4.78 is 11.3. The number of carbonyl (C=O) groups excluding carboxylic acids is 1. The number of fused-ring (bicyclic) bond motifs is 1. The van der Waals surface area contributed by atoms with Crippen molar-refractivity contribution < 1.29 is 14.3 Å². The SMILES string of the molecule is COc1ccc(C(=O)NCCNc2nc(Cl)nc3ccsc23)cc1OC. The van der Waals surface area contributed by atoms with Gasteiger partial charge in [-0.3, -0.25) is 4.79 Å². The Balaban J connectivity index is 1.58. The van der Waals surface area contributed by atoms with Gasteiger partial charge in [0.2, 0.25) is 5.28 Å². The van der Waals surface area contributed by atoms with E-state index < -0.39 is 0 Å². The summed E-state index contributed by atoms with van der Waals surface area (Å²) in [4.78, 5) is 20.6. The number of nitrogens with zero attached hydrogens (tertiary/aromatic N) is 2. The molecule has 0 fully saturated rings. The molecule has 0 atom stereocenters. The van der Waals surface area contributed by atoms with Crippen LogP contribution in [0.15, 0.2) is 29.6 Å². The van der Waals surface area contributed by atoms with Gasteiger partial charge in [-0.15, -0.1) is 11.3 Å². The first-order valence-electron chi connectivity index (χ1n) is 7.77. The van der Waals surface area contributed by atoms with Crippen molar-refractivity contribution in [2.45, 2.75) is 0 Å². The lowest BCUT2D eigenvalue weighted by atomic mass is 10.2. The van der Waals surface area contributed by atoms with E-state index in [1.807, 2.05) is 11.4 Å². The first kappa shape index (κ1) is 18.2. The summed E-state index contributed by atoms with van der Waals surface area (Å²) in [6.45, 7) is 0.918. The molecule has 0 spiro atoms. The molecule has 2 N–H and O–H groups in total. The van der Waals surface area contributed by atoms with Gasteiger partial charge >= 0.3 is 0 Å². The predicted molar refractivity (Wildman–Crippen MR) is 103 cm³/mol. The average molecular weight is 393 g/mol. The molecular formula is C17H17ClN4O3S. The Kier molecular flexibility index (Phi) is 5.75. The zero-order chi connectivity index (χ0) is 18.5. The topological polar surface area (TPSA) is 85.4 Å². The van der Waals surface area contributed by atoms with E-state index in [4.69, 9.17) is 21.1 Å². The molecule has 0 radical (unpaired) electrons. The fourth-order valence-electron chi connectivity index (χ4n) is 2.39. The molecule has 7 nitrogen and oxygen atoms in total. The van der Waals surface area contributed by atoms with Crippen LogP contribution in [0, 0.1) is 0 Å². The molecule has 0 bridgehead atoms. The molecule has 1 amide bonds. The Labute approximate surface area is 159 Å². The number of hydrogen-bond donors (Lipinski definition) is 2. The smallest absolute Gasteiger partial charge is 0.251 e.